The van der Waals surface area contributed by atoms with Crippen LogP contribution in [0.25, 0.3) is 0 Å². The van der Waals surface area contributed by atoms with Crippen molar-refractivity contribution in [1.82, 2.24) is 16.1 Å². The molecule has 0 spiro atoms. The fourth-order valence-electron chi connectivity index (χ4n) is 3.85. The number of allylic oxidation sites excluding steroid dienone is 1. The van der Waals surface area contributed by atoms with Crippen LogP contribution < -0.4 is 30.3 Å². The van der Waals surface area contributed by atoms with Gasteiger partial charge >= 0.3 is 12.0 Å². The molecule has 3 rings (SSSR count). The summed E-state index contributed by atoms with van der Waals surface area (Å²) in [5.74, 6) is 0.537. The molecular formula is C27H32Cl2N4O7. The van der Waals surface area contributed by atoms with Gasteiger partial charge in [-0.2, -0.15) is 5.10 Å². The number of hydrogen-bond donors (Lipinski definition) is 4. The molecule has 0 fully saturated rings. The Kier molecular flexibility index (Phi) is 10.9. The molecule has 0 aromatic heterocycles. The molecule has 216 valence electrons. The highest BCUT2D eigenvalue weighted by molar-refractivity contribution is 6.36. The Morgan fingerprint density at radius 1 is 1.20 bits per heavy atom. The summed E-state index contributed by atoms with van der Waals surface area (Å²) < 4.78 is 22.1. The van der Waals surface area contributed by atoms with E-state index in [1.807, 2.05) is 13.8 Å². The third-order valence-electron chi connectivity index (χ3n) is 5.49. The predicted octanol–water partition coefficient (Wildman–Crippen LogP) is 4.30. The van der Waals surface area contributed by atoms with Crippen LogP contribution in [0.5, 0.6) is 17.2 Å². The standard InChI is InChI=1S/C27H32Cl2N4O7/c1-6-38-21-10-16(24-23(26(35)37-5)15(4)31-27(36)32-24)7-8-20(21)39-13-22(34)33-30-12-17-9-18(28)11-19(29)25(17)40-14(2)3/h7-12,14,22,24,33-34H,6,13H2,1-5H3,(H2,31,32,36)/b30-12+/t22-,24+/m1/s1. The lowest BCUT2D eigenvalue weighted by atomic mass is 9.95. The summed E-state index contributed by atoms with van der Waals surface area (Å²) >= 11 is 12.4. The molecule has 2 amide bonds. The Hall–Kier alpha value is -3.67. The molecule has 1 aliphatic rings. The van der Waals surface area contributed by atoms with Crippen molar-refractivity contribution < 1.29 is 33.6 Å². The number of nitrogens with zero attached hydrogens (tertiary/aromatic N) is 1. The van der Waals surface area contributed by atoms with Gasteiger partial charge in [0.25, 0.3) is 0 Å². The SMILES string of the molecule is CCOc1cc([C@@H]2NC(=O)NC(C)=C2C(=O)OC)ccc1OC[C@@H](O)N/N=C/c1cc(Cl)cc(Cl)c1OC(C)C. The molecule has 13 heteroatoms. The summed E-state index contributed by atoms with van der Waals surface area (Å²) in [6, 6.07) is 6.96. The van der Waals surface area contributed by atoms with Crippen LogP contribution >= 0.6 is 23.2 Å². The average Bonchev–Trinajstić information content (AvgIpc) is 2.89. The van der Waals surface area contributed by atoms with Gasteiger partial charge in [0.1, 0.15) is 12.4 Å². The predicted molar refractivity (Wildman–Crippen MR) is 151 cm³/mol. The van der Waals surface area contributed by atoms with Crippen LogP contribution in [0.2, 0.25) is 10.0 Å². The van der Waals surface area contributed by atoms with Crippen molar-refractivity contribution in [1.29, 1.82) is 0 Å². The molecule has 2 atom stereocenters. The number of urea groups is 1. The minimum absolute atomic E-state index is 0.123. The molecule has 0 aliphatic carbocycles. The molecule has 1 aliphatic heterocycles. The van der Waals surface area contributed by atoms with Gasteiger partial charge in [0, 0.05) is 16.3 Å². The molecule has 0 radical (unpaired) electrons. The summed E-state index contributed by atoms with van der Waals surface area (Å²) in [4.78, 5) is 24.5. The van der Waals surface area contributed by atoms with Gasteiger partial charge in [0.05, 0.1) is 42.7 Å². The fraction of sp³-hybridized carbons (Fsp3) is 0.370. The zero-order chi connectivity index (χ0) is 29.4. The van der Waals surface area contributed by atoms with Crippen LogP contribution in [0.1, 0.15) is 44.9 Å². The molecule has 0 unspecified atom stereocenters. The van der Waals surface area contributed by atoms with Gasteiger partial charge in [0.15, 0.2) is 17.7 Å². The van der Waals surface area contributed by atoms with Crippen LogP contribution in [0.3, 0.4) is 0 Å². The average molecular weight is 595 g/mol. The Balaban J connectivity index is 1.72. The number of aliphatic hydroxyl groups is 1. The number of halogens is 2. The summed E-state index contributed by atoms with van der Waals surface area (Å²) in [6.45, 7) is 7.30. The van der Waals surface area contributed by atoms with Gasteiger partial charge in [-0.15, -0.1) is 0 Å². The second-order valence-corrected chi connectivity index (χ2v) is 9.73. The first-order valence-corrected chi connectivity index (χ1v) is 13.2. The van der Waals surface area contributed by atoms with Crippen LogP contribution in [0, 0.1) is 0 Å². The number of aliphatic hydroxyl groups excluding tert-OH is 1. The highest BCUT2D eigenvalue weighted by atomic mass is 35.5. The minimum atomic E-state index is -1.19. The molecule has 2 aromatic rings. The number of esters is 1. The highest BCUT2D eigenvalue weighted by Gasteiger charge is 2.32. The zero-order valence-electron chi connectivity index (χ0n) is 22.7. The summed E-state index contributed by atoms with van der Waals surface area (Å²) in [5, 5.41) is 20.5. The quantitative estimate of drug-likeness (QED) is 0.123. The van der Waals surface area contributed by atoms with E-state index in [9.17, 15) is 14.7 Å². The smallest absolute Gasteiger partial charge is 0.337 e. The van der Waals surface area contributed by atoms with Gasteiger partial charge in [-0.05, 0) is 57.5 Å². The maximum absolute atomic E-state index is 12.4. The van der Waals surface area contributed by atoms with Gasteiger partial charge in [0.2, 0.25) is 0 Å². The van der Waals surface area contributed by atoms with Crippen LogP contribution in [0.15, 0.2) is 46.7 Å². The van der Waals surface area contributed by atoms with Crippen molar-refractivity contribution in [2.24, 2.45) is 5.10 Å². The molecule has 0 saturated carbocycles. The molecule has 11 nitrogen and oxygen atoms in total. The molecule has 0 bridgehead atoms. The van der Waals surface area contributed by atoms with E-state index in [0.717, 1.165) is 0 Å². The van der Waals surface area contributed by atoms with Crippen LogP contribution in [0.4, 0.5) is 4.79 Å². The fourth-order valence-corrected chi connectivity index (χ4v) is 4.40. The number of nitrogens with one attached hydrogen (secondary N) is 3. The van der Waals surface area contributed by atoms with Crippen LogP contribution in [-0.2, 0) is 9.53 Å². The molecular weight excluding hydrogens is 563 g/mol. The maximum Gasteiger partial charge on any atom is 0.337 e. The number of ether oxygens (including phenoxy) is 4. The summed E-state index contributed by atoms with van der Waals surface area (Å²) in [7, 11) is 1.27. The number of amides is 2. The van der Waals surface area contributed by atoms with E-state index < -0.39 is 24.3 Å². The summed E-state index contributed by atoms with van der Waals surface area (Å²) in [6.07, 6.45) is 0.123. The lowest BCUT2D eigenvalue weighted by Crippen LogP contribution is -2.45. The topological polar surface area (TPSA) is 140 Å². The number of methoxy groups -OCH3 is 1. The Morgan fingerprint density at radius 2 is 1.95 bits per heavy atom. The number of rotatable bonds is 12. The maximum atomic E-state index is 12.4. The Morgan fingerprint density at radius 3 is 2.62 bits per heavy atom. The van der Waals surface area contributed by atoms with E-state index >= 15 is 0 Å². The summed E-state index contributed by atoms with van der Waals surface area (Å²) in [5.41, 5.74) is 4.33. The number of hydrogen-bond acceptors (Lipinski definition) is 9. The Labute approximate surface area is 242 Å². The third kappa shape index (κ3) is 7.93. The van der Waals surface area contributed by atoms with E-state index in [4.69, 9.17) is 42.1 Å². The lowest BCUT2D eigenvalue weighted by molar-refractivity contribution is -0.136. The first kappa shape index (κ1) is 30.9. The largest absolute Gasteiger partial charge is 0.490 e. The Bertz CT molecular complexity index is 1300. The molecule has 2 aromatic carbocycles. The van der Waals surface area contributed by atoms with Crippen molar-refractivity contribution in [2.75, 3.05) is 20.3 Å². The van der Waals surface area contributed by atoms with E-state index in [0.29, 0.717) is 50.7 Å². The first-order chi connectivity index (χ1) is 19.0. The monoisotopic (exact) mass is 594 g/mol. The zero-order valence-corrected chi connectivity index (χ0v) is 24.2. The van der Waals surface area contributed by atoms with Crippen LogP contribution in [-0.4, -0.2) is 56.0 Å². The minimum Gasteiger partial charge on any atom is -0.490 e. The van der Waals surface area contributed by atoms with E-state index in [2.05, 4.69) is 21.2 Å². The van der Waals surface area contributed by atoms with E-state index in [-0.39, 0.29) is 18.3 Å². The van der Waals surface area contributed by atoms with E-state index in [1.54, 1.807) is 44.2 Å². The van der Waals surface area contributed by atoms with Crippen molar-refractivity contribution >= 4 is 41.4 Å². The molecule has 0 saturated heterocycles. The second kappa shape index (κ2) is 14.1. The van der Waals surface area contributed by atoms with Crippen molar-refractivity contribution in [3.05, 3.63) is 62.8 Å². The van der Waals surface area contributed by atoms with Gasteiger partial charge in [-0.1, -0.05) is 29.3 Å². The van der Waals surface area contributed by atoms with Gasteiger partial charge in [-0.25, -0.2) is 9.59 Å². The van der Waals surface area contributed by atoms with Crippen molar-refractivity contribution in [3.8, 4) is 17.2 Å². The molecule has 4 N–H and O–H groups in total. The normalized spacial score (nSPS) is 15.9. The number of carbonyl (C=O) groups is 2. The van der Waals surface area contributed by atoms with Gasteiger partial charge in [-0.3, -0.25) is 5.43 Å². The van der Waals surface area contributed by atoms with Crippen molar-refractivity contribution in [3.63, 3.8) is 0 Å². The number of benzene rings is 2. The van der Waals surface area contributed by atoms with E-state index in [1.165, 1.54) is 13.3 Å². The first-order valence-electron chi connectivity index (χ1n) is 12.4. The molecule has 1 heterocycles. The third-order valence-corrected chi connectivity index (χ3v) is 5.99. The lowest BCUT2D eigenvalue weighted by Gasteiger charge is -2.28. The number of hydrazone groups is 1. The second-order valence-electron chi connectivity index (χ2n) is 8.89. The molecule has 40 heavy (non-hydrogen) atoms. The highest BCUT2D eigenvalue weighted by Crippen LogP contribution is 2.35. The van der Waals surface area contributed by atoms with Gasteiger partial charge < -0.3 is 34.7 Å². The van der Waals surface area contributed by atoms with Crippen molar-refractivity contribution in [2.45, 2.75) is 46.1 Å². The number of carbonyl (C=O) groups excluding carboxylic acids is 2.